The van der Waals surface area contributed by atoms with Gasteiger partial charge in [-0.05, 0) is 11.6 Å². The summed E-state index contributed by atoms with van der Waals surface area (Å²) < 4.78 is 0. The zero-order valence-electron chi connectivity index (χ0n) is 5.16. The number of halogens is 1. The van der Waals surface area contributed by atoms with Crippen molar-refractivity contribution in [2.45, 2.75) is 4.83 Å². The summed E-state index contributed by atoms with van der Waals surface area (Å²) in [6.07, 6.45) is 7.41. The van der Waals surface area contributed by atoms with Crippen molar-refractivity contribution in [1.29, 1.82) is 0 Å². The normalized spacial score (nSPS) is 27.9. The summed E-state index contributed by atoms with van der Waals surface area (Å²) in [5.41, 5.74) is 2.18. The highest BCUT2D eigenvalue weighted by Gasteiger charge is 2.17. The topological polar surface area (TPSA) is 24.7 Å². The molecule has 0 aliphatic carbocycles. The second-order valence-corrected chi connectivity index (χ2v) is 3.10. The zero-order chi connectivity index (χ0) is 6.97. The second-order valence-electron chi connectivity index (χ2n) is 2.11. The van der Waals surface area contributed by atoms with Gasteiger partial charge in [0, 0.05) is 12.4 Å². The van der Waals surface area contributed by atoms with Crippen LogP contribution in [0.3, 0.4) is 0 Å². The molecule has 0 radical (unpaired) electrons. The first-order chi connectivity index (χ1) is 4.88. The van der Waals surface area contributed by atoms with Crippen molar-refractivity contribution in [3.63, 3.8) is 0 Å². The highest BCUT2D eigenvalue weighted by Crippen LogP contribution is 2.26. The maximum atomic E-state index is 4.11. The standard InChI is InChI=1S/C7H5BrN2/c8-6-3-9-4-7-5(6)1-2-10-7/h1-4,6H/t6-/m1/s1. The van der Waals surface area contributed by atoms with Gasteiger partial charge in [0.15, 0.2) is 0 Å². The van der Waals surface area contributed by atoms with Gasteiger partial charge in [-0.3, -0.25) is 9.98 Å². The third kappa shape index (κ3) is 0.778. The molecule has 0 unspecified atom stereocenters. The van der Waals surface area contributed by atoms with Crippen LogP contribution in [0.25, 0.3) is 0 Å². The van der Waals surface area contributed by atoms with Crippen LogP contribution in [0.1, 0.15) is 0 Å². The molecule has 0 bridgehead atoms. The van der Waals surface area contributed by atoms with Crippen LogP contribution in [0.5, 0.6) is 0 Å². The highest BCUT2D eigenvalue weighted by atomic mass is 79.9. The Morgan fingerprint density at radius 2 is 2.40 bits per heavy atom. The van der Waals surface area contributed by atoms with E-state index in [2.05, 4.69) is 25.9 Å². The van der Waals surface area contributed by atoms with Crippen LogP contribution in [-0.4, -0.2) is 17.3 Å². The fourth-order valence-corrected chi connectivity index (χ4v) is 1.49. The number of hydrogen-bond acceptors (Lipinski definition) is 2. The van der Waals surface area contributed by atoms with Crippen molar-refractivity contribution in [1.82, 2.24) is 0 Å². The van der Waals surface area contributed by atoms with E-state index in [4.69, 9.17) is 0 Å². The lowest BCUT2D eigenvalue weighted by Crippen LogP contribution is -2.06. The van der Waals surface area contributed by atoms with Crippen LogP contribution in [0.4, 0.5) is 0 Å². The molecule has 0 aromatic carbocycles. The quantitative estimate of drug-likeness (QED) is 0.528. The molecule has 2 nitrogen and oxygen atoms in total. The fraction of sp³-hybridized carbons (Fsp3) is 0.143. The molecule has 2 aliphatic heterocycles. The molecule has 10 heavy (non-hydrogen) atoms. The first-order valence-electron chi connectivity index (χ1n) is 3.00. The van der Waals surface area contributed by atoms with Gasteiger partial charge in [-0.15, -0.1) is 0 Å². The number of fused-ring (bicyclic) bond motifs is 1. The van der Waals surface area contributed by atoms with Crippen molar-refractivity contribution in [2.75, 3.05) is 0 Å². The summed E-state index contributed by atoms with van der Waals surface area (Å²) in [6.45, 7) is 0. The average molecular weight is 197 g/mol. The highest BCUT2D eigenvalue weighted by molar-refractivity contribution is 9.10. The second kappa shape index (κ2) is 2.16. The number of hydrogen-bond donors (Lipinski definition) is 0. The largest absolute Gasteiger partial charge is 0.265 e. The van der Waals surface area contributed by atoms with Crippen LogP contribution < -0.4 is 0 Å². The Balaban J connectivity index is 2.45. The van der Waals surface area contributed by atoms with E-state index >= 15 is 0 Å². The lowest BCUT2D eigenvalue weighted by Gasteiger charge is -2.09. The summed E-state index contributed by atoms with van der Waals surface area (Å²) in [7, 11) is 0. The molecule has 2 aliphatic rings. The van der Waals surface area contributed by atoms with Crippen molar-refractivity contribution < 1.29 is 0 Å². The lowest BCUT2D eigenvalue weighted by molar-refractivity contribution is 1.23. The Hall–Kier alpha value is -0.700. The molecule has 2 heterocycles. The maximum absolute atomic E-state index is 4.11. The van der Waals surface area contributed by atoms with Gasteiger partial charge < -0.3 is 0 Å². The third-order valence-corrected chi connectivity index (χ3v) is 2.20. The van der Waals surface area contributed by atoms with Crippen molar-refractivity contribution in [3.05, 3.63) is 23.5 Å². The molecular formula is C7H5BrN2. The molecule has 3 heteroatoms. The number of allylic oxidation sites excluding steroid dienone is 2. The van der Waals surface area contributed by atoms with E-state index in [9.17, 15) is 0 Å². The van der Waals surface area contributed by atoms with E-state index in [0.29, 0.717) is 0 Å². The van der Waals surface area contributed by atoms with Gasteiger partial charge in [-0.2, -0.15) is 0 Å². The summed E-state index contributed by atoms with van der Waals surface area (Å²) in [5.74, 6) is 0. The monoisotopic (exact) mass is 196 g/mol. The van der Waals surface area contributed by atoms with E-state index in [1.165, 1.54) is 5.57 Å². The van der Waals surface area contributed by atoms with E-state index in [1.807, 2.05) is 12.3 Å². The van der Waals surface area contributed by atoms with Crippen LogP contribution in [-0.2, 0) is 0 Å². The minimum atomic E-state index is 0.245. The summed E-state index contributed by atoms with van der Waals surface area (Å²) in [4.78, 5) is 8.37. The zero-order valence-corrected chi connectivity index (χ0v) is 6.75. The van der Waals surface area contributed by atoms with Gasteiger partial charge in [-0.25, -0.2) is 0 Å². The minimum absolute atomic E-state index is 0.245. The van der Waals surface area contributed by atoms with Gasteiger partial charge >= 0.3 is 0 Å². The van der Waals surface area contributed by atoms with Gasteiger partial charge in [0.1, 0.15) is 0 Å². The summed E-state index contributed by atoms with van der Waals surface area (Å²) in [5, 5.41) is 0. The molecular weight excluding hydrogens is 192 g/mol. The predicted molar refractivity (Wildman–Crippen MR) is 45.9 cm³/mol. The number of aliphatic imine (C=N–C) groups is 2. The molecule has 0 fully saturated rings. The first-order valence-corrected chi connectivity index (χ1v) is 3.91. The Kier molecular flexibility index (Phi) is 1.31. The number of nitrogens with zero attached hydrogens (tertiary/aromatic N) is 2. The number of rotatable bonds is 0. The van der Waals surface area contributed by atoms with Crippen molar-refractivity contribution in [3.8, 4) is 0 Å². The Morgan fingerprint density at radius 1 is 1.50 bits per heavy atom. The summed E-state index contributed by atoms with van der Waals surface area (Å²) in [6, 6.07) is 0. The minimum Gasteiger partial charge on any atom is -0.265 e. The lowest BCUT2D eigenvalue weighted by atomic mass is 10.1. The van der Waals surface area contributed by atoms with Crippen LogP contribution in [0.2, 0.25) is 0 Å². The van der Waals surface area contributed by atoms with E-state index in [1.54, 1.807) is 12.4 Å². The van der Waals surface area contributed by atoms with Crippen LogP contribution in [0, 0.1) is 0 Å². The van der Waals surface area contributed by atoms with Gasteiger partial charge in [0.05, 0.1) is 16.7 Å². The Bertz CT molecular complexity index is 273. The van der Waals surface area contributed by atoms with E-state index in [0.717, 1.165) is 5.70 Å². The third-order valence-electron chi connectivity index (χ3n) is 1.47. The molecule has 0 spiro atoms. The van der Waals surface area contributed by atoms with Crippen LogP contribution >= 0.6 is 15.9 Å². The number of alkyl halides is 1. The molecule has 0 N–H and O–H groups in total. The molecule has 2 rings (SSSR count). The van der Waals surface area contributed by atoms with Crippen molar-refractivity contribution >= 4 is 28.4 Å². The molecule has 0 amide bonds. The molecule has 0 aromatic heterocycles. The van der Waals surface area contributed by atoms with Gasteiger partial charge in [0.2, 0.25) is 0 Å². The Labute approximate surface area is 67.2 Å². The Morgan fingerprint density at radius 3 is 3.20 bits per heavy atom. The van der Waals surface area contributed by atoms with E-state index < -0.39 is 0 Å². The van der Waals surface area contributed by atoms with Crippen molar-refractivity contribution in [2.24, 2.45) is 9.98 Å². The molecule has 0 saturated heterocycles. The first kappa shape index (κ1) is 6.04. The van der Waals surface area contributed by atoms with E-state index in [-0.39, 0.29) is 4.83 Å². The van der Waals surface area contributed by atoms with Crippen LogP contribution in [0.15, 0.2) is 33.5 Å². The molecule has 50 valence electrons. The fourth-order valence-electron chi connectivity index (χ4n) is 0.968. The molecule has 1 atom stereocenters. The average Bonchev–Trinajstić information content (AvgIpc) is 2.36. The SMILES string of the molecule is Br[C@@H]1C=NC=C2N=CC=C21. The summed E-state index contributed by atoms with van der Waals surface area (Å²) >= 11 is 3.46. The smallest absolute Gasteiger partial charge is 0.0859 e. The molecule has 0 aromatic rings. The van der Waals surface area contributed by atoms with Gasteiger partial charge in [0.25, 0.3) is 0 Å². The predicted octanol–water partition coefficient (Wildman–Crippen LogP) is 1.69. The maximum Gasteiger partial charge on any atom is 0.0859 e. The molecule has 0 saturated carbocycles. The van der Waals surface area contributed by atoms with Gasteiger partial charge in [-0.1, -0.05) is 15.9 Å².